The molecule has 0 aromatic carbocycles. The highest BCUT2D eigenvalue weighted by molar-refractivity contribution is 5.84. The minimum absolute atomic E-state index is 0.0105. The molecule has 1 aliphatic heterocycles. The third-order valence-corrected chi connectivity index (χ3v) is 3.44. The van der Waals surface area contributed by atoms with Gasteiger partial charge in [0.15, 0.2) is 0 Å². The first-order valence-corrected chi connectivity index (χ1v) is 5.91. The van der Waals surface area contributed by atoms with Crippen molar-refractivity contribution in [1.29, 1.82) is 0 Å². The number of hydrogen-bond acceptors (Lipinski definition) is 3. The summed E-state index contributed by atoms with van der Waals surface area (Å²) >= 11 is 0. The summed E-state index contributed by atoms with van der Waals surface area (Å²) in [5.74, 6) is -1.46. The Balaban J connectivity index is 2.71. The fourth-order valence-corrected chi connectivity index (χ4v) is 2.04. The maximum Gasteiger partial charge on any atom is 0.308 e. The van der Waals surface area contributed by atoms with Gasteiger partial charge < -0.3 is 15.7 Å². The van der Waals surface area contributed by atoms with Crippen molar-refractivity contribution in [3.05, 3.63) is 0 Å². The van der Waals surface area contributed by atoms with Crippen LogP contribution in [0, 0.1) is 17.3 Å². The van der Waals surface area contributed by atoms with Crippen molar-refractivity contribution < 1.29 is 14.7 Å². The summed E-state index contributed by atoms with van der Waals surface area (Å²) in [7, 11) is 0. The molecule has 1 rings (SSSR count). The summed E-state index contributed by atoms with van der Waals surface area (Å²) in [5, 5.41) is 9.01. The molecule has 5 heteroatoms. The second-order valence-electron chi connectivity index (χ2n) is 6.01. The summed E-state index contributed by atoms with van der Waals surface area (Å²) in [6, 6.07) is -0.581. The lowest BCUT2D eigenvalue weighted by Crippen LogP contribution is -2.49. The molecule has 0 aromatic heterocycles. The van der Waals surface area contributed by atoms with Crippen LogP contribution in [0.25, 0.3) is 0 Å². The third kappa shape index (κ3) is 2.97. The van der Waals surface area contributed by atoms with Crippen LogP contribution in [-0.2, 0) is 9.59 Å². The number of amides is 1. The zero-order valence-electron chi connectivity index (χ0n) is 10.9. The van der Waals surface area contributed by atoms with E-state index in [1.54, 1.807) is 4.90 Å². The Morgan fingerprint density at radius 3 is 2.24 bits per heavy atom. The Morgan fingerprint density at radius 1 is 1.35 bits per heavy atom. The lowest BCUT2D eigenvalue weighted by Gasteiger charge is -2.29. The quantitative estimate of drug-likeness (QED) is 0.740. The van der Waals surface area contributed by atoms with Crippen LogP contribution >= 0.6 is 0 Å². The highest BCUT2D eigenvalue weighted by Crippen LogP contribution is 2.26. The van der Waals surface area contributed by atoms with Crippen LogP contribution in [0.15, 0.2) is 0 Å². The summed E-state index contributed by atoms with van der Waals surface area (Å²) in [6.45, 7) is 8.34. The number of aliphatic carboxylic acids is 1. The molecule has 0 radical (unpaired) electrons. The molecule has 98 valence electrons. The van der Waals surface area contributed by atoms with Gasteiger partial charge in [0.1, 0.15) is 0 Å². The van der Waals surface area contributed by atoms with Crippen LogP contribution in [0.5, 0.6) is 0 Å². The second kappa shape index (κ2) is 4.64. The monoisotopic (exact) mass is 242 g/mol. The number of likely N-dealkylation sites (tertiary alicyclic amines) is 1. The number of carboxylic acids is 1. The second-order valence-corrected chi connectivity index (χ2v) is 6.01. The van der Waals surface area contributed by atoms with Crippen LogP contribution in [0.2, 0.25) is 0 Å². The Hall–Kier alpha value is -1.10. The van der Waals surface area contributed by atoms with Crippen LogP contribution < -0.4 is 5.73 Å². The zero-order chi connectivity index (χ0) is 13.4. The molecule has 3 atom stereocenters. The van der Waals surface area contributed by atoms with Crippen LogP contribution in [0.1, 0.15) is 27.7 Å². The lowest BCUT2D eigenvalue weighted by molar-refractivity contribution is -0.142. The average molecular weight is 242 g/mol. The molecule has 1 amide bonds. The van der Waals surface area contributed by atoms with E-state index in [-0.39, 0.29) is 23.8 Å². The maximum atomic E-state index is 12.1. The molecule has 0 bridgehead atoms. The van der Waals surface area contributed by atoms with Gasteiger partial charge in [0, 0.05) is 13.1 Å². The Bertz CT molecular complexity index is 322. The predicted octanol–water partition coefficient (Wildman–Crippen LogP) is 0.539. The lowest BCUT2D eigenvalue weighted by atomic mass is 9.86. The molecular formula is C12H22N2O3. The van der Waals surface area contributed by atoms with E-state index in [0.29, 0.717) is 6.54 Å². The summed E-state index contributed by atoms with van der Waals surface area (Å²) in [5.41, 5.74) is 5.60. The molecule has 1 aliphatic rings. The van der Waals surface area contributed by atoms with Crippen molar-refractivity contribution in [1.82, 2.24) is 4.90 Å². The van der Waals surface area contributed by atoms with Crippen molar-refractivity contribution in [2.75, 3.05) is 13.1 Å². The molecule has 1 saturated heterocycles. The minimum Gasteiger partial charge on any atom is -0.481 e. The van der Waals surface area contributed by atoms with Gasteiger partial charge in [0.05, 0.1) is 12.0 Å². The molecule has 0 aliphatic carbocycles. The SMILES string of the molecule is CC1CN(C(=O)[C@H](N)C(C)(C)C)CC1C(=O)O. The van der Waals surface area contributed by atoms with Gasteiger partial charge in [0.25, 0.3) is 0 Å². The third-order valence-electron chi connectivity index (χ3n) is 3.44. The normalized spacial score (nSPS) is 27.0. The van der Waals surface area contributed by atoms with E-state index in [4.69, 9.17) is 10.8 Å². The topological polar surface area (TPSA) is 83.6 Å². The number of rotatable bonds is 2. The smallest absolute Gasteiger partial charge is 0.308 e. The highest BCUT2D eigenvalue weighted by Gasteiger charge is 2.40. The molecule has 1 heterocycles. The van der Waals surface area contributed by atoms with E-state index < -0.39 is 17.9 Å². The van der Waals surface area contributed by atoms with Gasteiger partial charge in [-0.1, -0.05) is 27.7 Å². The number of hydrogen-bond donors (Lipinski definition) is 2. The van der Waals surface area contributed by atoms with E-state index >= 15 is 0 Å². The Kier molecular flexibility index (Phi) is 3.81. The molecule has 3 N–H and O–H groups in total. The molecular weight excluding hydrogens is 220 g/mol. The number of carbonyl (C=O) groups excluding carboxylic acids is 1. The van der Waals surface area contributed by atoms with Gasteiger partial charge in [-0.15, -0.1) is 0 Å². The molecule has 2 unspecified atom stereocenters. The predicted molar refractivity (Wildman–Crippen MR) is 64.3 cm³/mol. The average Bonchev–Trinajstić information content (AvgIpc) is 2.56. The van der Waals surface area contributed by atoms with Crippen LogP contribution in [0.4, 0.5) is 0 Å². The van der Waals surface area contributed by atoms with E-state index in [9.17, 15) is 9.59 Å². The number of carbonyl (C=O) groups is 2. The van der Waals surface area contributed by atoms with E-state index in [1.807, 2.05) is 27.7 Å². The number of nitrogens with two attached hydrogens (primary N) is 1. The van der Waals surface area contributed by atoms with E-state index in [1.165, 1.54) is 0 Å². The van der Waals surface area contributed by atoms with Gasteiger partial charge in [-0.3, -0.25) is 9.59 Å². The summed E-state index contributed by atoms with van der Waals surface area (Å²) < 4.78 is 0. The van der Waals surface area contributed by atoms with Crippen molar-refractivity contribution in [3.63, 3.8) is 0 Å². The van der Waals surface area contributed by atoms with Crippen molar-refractivity contribution >= 4 is 11.9 Å². The molecule has 0 aromatic rings. The Morgan fingerprint density at radius 2 is 1.88 bits per heavy atom. The number of carboxylic acid groups (broad SMARTS) is 1. The van der Waals surface area contributed by atoms with Crippen molar-refractivity contribution in [2.24, 2.45) is 23.0 Å². The van der Waals surface area contributed by atoms with Gasteiger partial charge >= 0.3 is 5.97 Å². The standard InChI is InChI=1S/C12H22N2O3/c1-7-5-14(6-8(7)11(16)17)10(15)9(13)12(2,3)4/h7-9H,5-6,13H2,1-4H3,(H,16,17)/t7?,8?,9-/m0/s1. The van der Waals surface area contributed by atoms with Gasteiger partial charge in [-0.25, -0.2) is 0 Å². The molecule has 17 heavy (non-hydrogen) atoms. The van der Waals surface area contributed by atoms with E-state index in [0.717, 1.165) is 0 Å². The Labute approximate surface area is 102 Å². The van der Waals surface area contributed by atoms with Crippen molar-refractivity contribution in [3.8, 4) is 0 Å². The minimum atomic E-state index is -0.836. The van der Waals surface area contributed by atoms with Gasteiger partial charge in [-0.05, 0) is 11.3 Å². The molecule has 5 nitrogen and oxygen atoms in total. The highest BCUT2D eigenvalue weighted by atomic mass is 16.4. The molecule has 0 spiro atoms. The first-order chi connectivity index (χ1) is 7.64. The van der Waals surface area contributed by atoms with Crippen molar-refractivity contribution in [2.45, 2.75) is 33.7 Å². The largest absolute Gasteiger partial charge is 0.481 e. The first-order valence-electron chi connectivity index (χ1n) is 5.91. The molecule has 1 fully saturated rings. The van der Waals surface area contributed by atoms with Crippen LogP contribution in [0.3, 0.4) is 0 Å². The zero-order valence-corrected chi connectivity index (χ0v) is 10.9. The molecule has 0 saturated carbocycles. The maximum absolute atomic E-state index is 12.1. The fraction of sp³-hybridized carbons (Fsp3) is 0.833. The number of nitrogens with zero attached hydrogens (tertiary/aromatic N) is 1. The van der Waals surface area contributed by atoms with E-state index in [2.05, 4.69) is 0 Å². The summed E-state index contributed by atoms with van der Waals surface area (Å²) in [6.07, 6.45) is 0. The van der Waals surface area contributed by atoms with Gasteiger partial charge in [0.2, 0.25) is 5.91 Å². The first kappa shape index (κ1) is 14.0. The van der Waals surface area contributed by atoms with Gasteiger partial charge in [-0.2, -0.15) is 0 Å². The fourth-order valence-electron chi connectivity index (χ4n) is 2.04. The summed E-state index contributed by atoms with van der Waals surface area (Å²) in [4.78, 5) is 24.7. The van der Waals surface area contributed by atoms with Crippen LogP contribution in [-0.4, -0.2) is 41.0 Å².